The maximum absolute atomic E-state index is 11.7. The van der Waals surface area contributed by atoms with E-state index >= 15 is 0 Å². The first kappa shape index (κ1) is 13.8. The zero-order valence-electron chi connectivity index (χ0n) is 8.97. The predicted molar refractivity (Wildman–Crippen MR) is 62.6 cm³/mol. The van der Waals surface area contributed by atoms with Gasteiger partial charge in [0, 0.05) is 24.8 Å². The average molecular weight is 279 g/mol. The third kappa shape index (κ3) is 3.32. The summed E-state index contributed by atoms with van der Waals surface area (Å²) in [6.45, 7) is 3.23. The summed E-state index contributed by atoms with van der Waals surface area (Å²) in [6, 6.07) is 1.07. The Hall–Kier alpha value is -1.31. The summed E-state index contributed by atoms with van der Waals surface area (Å²) in [5, 5.41) is 8.93. The predicted octanol–water partition coefficient (Wildman–Crippen LogP) is 0.754. The van der Waals surface area contributed by atoms with Gasteiger partial charge >= 0.3 is 5.97 Å². The molecule has 1 aromatic rings. The number of halogens is 1. The summed E-state index contributed by atoms with van der Waals surface area (Å²) in [7, 11) is -2.32. The molecule has 0 aliphatic heterocycles. The summed E-state index contributed by atoms with van der Waals surface area (Å²) < 4.78 is 26.8. The van der Waals surface area contributed by atoms with Crippen molar-refractivity contribution in [2.75, 3.05) is 6.54 Å². The van der Waals surface area contributed by atoms with Gasteiger partial charge < -0.3 is 9.67 Å². The number of sulfonamides is 1. The van der Waals surface area contributed by atoms with E-state index in [9.17, 15) is 13.2 Å². The number of carboxylic acids is 1. The molecule has 1 heterocycles. The Bertz CT molecular complexity index is 562. The van der Waals surface area contributed by atoms with Crippen LogP contribution in [0.4, 0.5) is 0 Å². The molecule has 2 N–H and O–H groups in total. The molecular formula is C9H11ClN2O4S. The highest BCUT2D eigenvalue weighted by Gasteiger charge is 2.19. The van der Waals surface area contributed by atoms with E-state index in [-0.39, 0.29) is 22.2 Å². The number of hydrogen-bond donors (Lipinski definition) is 2. The topological polar surface area (TPSA) is 88.4 Å². The number of aromatic nitrogens is 1. The fourth-order valence-electron chi connectivity index (χ4n) is 1.15. The Morgan fingerprint density at radius 1 is 1.65 bits per heavy atom. The van der Waals surface area contributed by atoms with E-state index in [2.05, 4.69) is 11.3 Å². The van der Waals surface area contributed by atoms with Crippen molar-refractivity contribution in [1.29, 1.82) is 0 Å². The van der Waals surface area contributed by atoms with Crippen molar-refractivity contribution in [1.82, 2.24) is 9.29 Å². The molecule has 6 nitrogen and oxygen atoms in total. The maximum atomic E-state index is 11.7. The van der Waals surface area contributed by atoms with Gasteiger partial charge in [-0.2, -0.15) is 0 Å². The van der Waals surface area contributed by atoms with Crippen LogP contribution >= 0.6 is 11.6 Å². The normalized spacial score (nSPS) is 11.4. The molecule has 94 valence electrons. The summed E-state index contributed by atoms with van der Waals surface area (Å²) >= 11 is 5.44. The fraction of sp³-hybridized carbons (Fsp3) is 0.222. The maximum Gasteiger partial charge on any atom is 0.352 e. The number of carbonyl (C=O) groups is 1. The summed E-state index contributed by atoms with van der Waals surface area (Å²) in [5.74, 6) is -1.20. The second kappa shape index (κ2) is 4.91. The van der Waals surface area contributed by atoms with E-state index < -0.39 is 16.0 Å². The molecule has 0 saturated heterocycles. The third-order valence-electron chi connectivity index (χ3n) is 1.96. The van der Waals surface area contributed by atoms with Gasteiger partial charge in [-0.25, -0.2) is 17.9 Å². The molecule has 0 spiro atoms. The molecule has 0 bridgehead atoms. The summed E-state index contributed by atoms with van der Waals surface area (Å²) in [6.07, 6.45) is 1.21. The van der Waals surface area contributed by atoms with Gasteiger partial charge in [-0.1, -0.05) is 18.2 Å². The van der Waals surface area contributed by atoms with Gasteiger partial charge in [-0.15, -0.1) is 0 Å². The molecule has 17 heavy (non-hydrogen) atoms. The number of hydrogen-bond acceptors (Lipinski definition) is 3. The number of rotatable bonds is 5. The van der Waals surface area contributed by atoms with Crippen molar-refractivity contribution in [3.8, 4) is 0 Å². The Morgan fingerprint density at radius 3 is 2.65 bits per heavy atom. The highest BCUT2D eigenvalue weighted by molar-refractivity contribution is 7.89. The minimum atomic E-state index is -3.77. The van der Waals surface area contributed by atoms with E-state index in [1.807, 2.05) is 0 Å². The van der Waals surface area contributed by atoms with E-state index in [1.54, 1.807) is 0 Å². The first-order valence-corrected chi connectivity index (χ1v) is 6.33. The zero-order valence-corrected chi connectivity index (χ0v) is 10.5. The van der Waals surface area contributed by atoms with Gasteiger partial charge in [-0.05, 0) is 6.07 Å². The zero-order chi connectivity index (χ0) is 13.2. The molecule has 0 fully saturated rings. The van der Waals surface area contributed by atoms with Crippen LogP contribution in [0.1, 0.15) is 10.5 Å². The Labute approximate surface area is 104 Å². The van der Waals surface area contributed by atoms with Gasteiger partial charge in [0.2, 0.25) is 10.0 Å². The first-order chi connectivity index (χ1) is 7.74. The Morgan fingerprint density at radius 2 is 2.24 bits per heavy atom. The van der Waals surface area contributed by atoms with Crippen LogP contribution in [0.25, 0.3) is 0 Å². The van der Waals surface area contributed by atoms with E-state index in [0.29, 0.717) is 0 Å². The molecule has 0 radical (unpaired) electrons. The number of nitrogens with zero attached hydrogens (tertiary/aromatic N) is 1. The molecule has 8 heteroatoms. The monoisotopic (exact) mass is 278 g/mol. The van der Waals surface area contributed by atoms with Crippen LogP contribution in [0.2, 0.25) is 0 Å². The van der Waals surface area contributed by atoms with Gasteiger partial charge in [0.25, 0.3) is 0 Å². The quantitative estimate of drug-likeness (QED) is 0.832. The number of carboxylic acid groups (broad SMARTS) is 1. The lowest BCUT2D eigenvalue weighted by molar-refractivity contribution is 0.0686. The molecule has 0 aliphatic carbocycles. The van der Waals surface area contributed by atoms with Crippen LogP contribution in [0, 0.1) is 0 Å². The summed E-state index contributed by atoms with van der Waals surface area (Å²) in [5.41, 5.74) is -0.116. The summed E-state index contributed by atoms with van der Waals surface area (Å²) in [4.78, 5) is 10.6. The van der Waals surface area contributed by atoms with Crippen LogP contribution in [-0.2, 0) is 17.1 Å². The second-order valence-electron chi connectivity index (χ2n) is 3.32. The van der Waals surface area contributed by atoms with Crippen molar-refractivity contribution in [3.63, 3.8) is 0 Å². The highest BCUT2D eigenvalue weighted by Crippen LogP contribution is 2.13. The average Bonchev–Trinajstić information content (AvgIpc) is 2.58. The smallest absolute Gasteiger partial charge is 0.352 e. The van der Waals surface area contributed by atoms with Crippen LogP contribution in [0.15, 0.2) is 28.8 Å². The van der Waals surface area contributed by atoms with E-state index in [0.717, 1.165) is 6.07 Å². The SMILES string of the molecule is C=C(Cl)CNS(=O)(=O)c1cc(C(=O)O)n(C)c1. The molecule has 0 amide bonds. The van der Waals surface area contributed by atoms with Gasteiger partial charge in [0.05, 0.1) is 0 Å². The Kier molecular flexibility index (Phi) is 3.97. The lowest BCUT2D eigenvalue weighted by atomic mass is 10.4. The van der Waals surface area contributed by atoms with Crippen LogP contribution in [0.3, 0.4) is 0 Å². The lowest BCUT2D eigenvalue weighted by Gasteiger charge is -2.02. The molecule has 1 aromatic heterocycles. The molecule has 0 saturated carbocycles. The number of aryl methyl sites for hydroxylation is 1. The number of aromatic carboxylic acids is 1. The minimum Gasteiger partial charge on any atom is -0.477 e. The molecule has 0 unspecified atom stereocenters. The van der Waals surface area contributed by atoms with E-state index in [1.165, 1.54) is 17.8 Å². The molecular weight excluding hydrogens is 268 g/mol. The van der Waals surface area contributed by atoms with Crippen molar-refractivity contribution in [2.24, 2.45) is 7.05 Å². The molecule has 1 rings (SSSR count). The number of nitrogens with one attached hydrogen (secondary N) is 1. The largest absolute Gasteiger partial charge is 0.477 e. The minimum absolute atomic E-state index is 0.110. The standard InChI is InChI=1S/C9H11ClN2O4S/c1-6(10)4-11-17(15,16)7-3-8(9(13)14)12(2)5-7/h3,5,11H,1,4H2,2H3,(H,13,14). The fourth-order valence-corrected chi connectivity index (χ4v) is 2.39. The van der Waals surface area contributed by atoms with Crippen LogP contribution in [-0.4, -0.2) is 30.6 Å². The van der Waals surface area contributed by atoms with E-state index in [4.69, 9.17) is 16.7 Å². The van der Waals surface area contributed by atoms with Crippen LogP contribution < -0.4 is 4.72 Å². The van der Waals surface area contributed by atoms with Gasteiger partial charge in [0.15, 0.2) is 0 Å². The van der Waals surface area contributed by atoms with Crippen molar-refractivity contribution >= 4 is 27.6 Å². The van der Waals surface area contributed by atoms with Crippen molar-refractivity contribution in [3.05, 3.63) is 29.6 Å². The molecule has 0 aliphatic rings. The van der Waals surface area contributed by atoms with Gasteiger partial charge in [-0.3, -0.25) is 0 Å². The van der Waals surface area contributed by atoms with Gasteiger partial charge in [0.1, 0.15) is 10.6 Å². The second-order valence-corrected chi connectivity index (χ2v) is 5.62. The molecule has 0 atom stereocenters. The third-order valence-corrected chi connectivity index (χ3v) is 3.47. The first-order valence-electron chi connectivity index (χ1n) is 4.46. The highest BCUT2D eigenvalue weighted by atomic mass is 35.5. The van der Waals surface area contributed by atoms with Crippen LogP contribution in [0.5, 0.6) is 0 Å². The lowest BCUT2D eigenvalue weighted by Crippen LogP contribution is -2.24. The van der Waals surface area contributed by atoms with Crippen molar-refractivity contribution < 1.29 is 18.3 Å². The molecule has 0 aromatic carbocycles. The Balaban J connectivity index is 3.04. The van der Waals surface area contributed by atoms with Crippen molar-refractivity contribution in [2.45, 2.75) is 4.90 Å².